The Morgan fingerprint density at radius 3 is 2.14 bits per heavy atom. The lowest BCUT2D eigenvalue weighted by Crippen LogP contribution is -2.46. The van der Waals surface area contributed by atoms with E-state index in [1.807, 2.05) is 13.1 Å². The minimum Gasteiger partial charge on any atom is -0.481 e. The van der Waals surface area contributed by atoms with Gasteiger partial charge in [-0.15, -0.1) is 0 Å². The molecule has 1 aromatic rings. The van der Waals surface area contributed by atoms with Gasteiger partial charge in [0, 0.05) is 31.9 Å². The smallest absolute Gasteiger partial charge is 0.307 e. The summed E-state index contributed by atoms with van der Waals surface area (Å²) in [4.78, 5) is 26.1. The average Bonchev–Trinajstić information content (AvgIpc) is 2.68. The van der Waals surface area contributed by atoms with Crippen LogP contribution in [0.5, 0.6) is 0 Å². The molecule has 28 heavy (non-hydrogen) atoms. The van der Waals surface area contributed by atoms with Crippen LogP contribution in [-0.4, -0.2) is 67.8 Å². The van der Waals surface area contributed by atoms with Gasteiger partial charge >= 0.3 is 5.97 Å². The molecule has 2 N–H and O–H groups in total. The van der Waals surface area contributed by atoms with E-state index in [0.717, 1.165) is 0 Å². The van der Waals surface area contributed by atoms with Crippen LogP contribution in [0.4, 0.5) is 5.69 Å². The topological polar surface area (TPSA) is 107 Å². The van der Waals surface area contributed by atoms with Gasteiger partial charge < -0.3 is 15.3 Å². The van der Waals surface area contributed by atoms with Crippen molar-refractivity contribution in [1.82, 2.24) is 9.21 Å². The van der Waals surface area contributed by atoms with Crippen molar-refractivity contribution in [2.45, 2.75) is 17.7 Å². The summed E-state index contributed by atoms with van der Waals surface area (Å²) < 4.78 is 26.9. The first-order valence-corrected chi connectivity index (χ1v) is 10.7. The van der Waals surface area contributed by atoms with Crippen LogP contribution in [0.2, 0.25) is 0 Å². The van der Waals surface area contributed by atoms with E-state index >= 15 is 0 Å². The highest BCUT2D eigenvalue weighted by molar-refractivity contribution is 7.89. The summed E-state index contributed by atoms with van der Waals surface area (Å²) in [6.45, 7) is 2.27. The molecule has 1 aliphatic carbocycles. The first kappa shape index (κ1) is 20.5. The van der Waals surface area contributed by atoms with Crippen molar-refractivity contribution in [3.05, 3.63) is 36.4 Å². The number of allylic oxidation sites excluding steroid dienone is 2. The molecule has 1 fully saturated rings. The maximum atomic E-state index is 12.7. The maximum absolute atomic E-state index is 12.7. The summed E-state index contributed by atoms with van der Waals surface area (Å²) in [5.74, 6) is -2.75. The number of benzene rings is 1. The van der Waals surface area contributed by atoms with Crippen LogP contribution in [0.15, 0.2) is 41.3 Å². The lowest BCUT2D eigenvalue weighted by molar-refractivity contribution is -0.146. The van der Waals surface area contributed by atoms with E-state index in [0.29, 0.717) is 44.7 Å². The minimum absolute atomic E-state index is 0.180. The quantitative estimate of drug-likeness (QED) is 0.711. The molecule has 1 amide bonds. The van der Waals surface area contributed by atoms with Gasteiger partial charge in [-0.2, -0.15) is 4.31 Å². The van der Waals surface area contributed by atoms with Crippen LogP contribution in [0.1, 0.15) is 12.8 Å². The molecule has 2 unspecified atom stereocenters. The van der Waals surface area contributed by atoms with E-state index in [-0.39, 0.29) is 10.8 Å². The molecule has 1 heterocycles. The Bertz CT molecular complexity index is 858. The molecule has 0 bridgehead atoms. The summed E-state index contributed by atoms with van der Waals surface area (Å²) >= 11 is 0. The zero-order valence-electron chi connectivity index (χ0n) is 15.7. The number of carbonyl (C=O) groups is 2. The summed E-state index contributed by atoms with van der Waals surface area (Å²) in [5, 5.41) is 12.0. The fourth-order valence-corrected chi connectivity index (χ4v) is 4.92. The Hall–Kier alpha value is -2.23. The van der Waals surface area contributed by atoms with Gasteiger partial charge in [-0.3, -0.25) is 9.59 Å². The fourth-order valence-electron chi connectivity index (χ4n) is 3.50. The van der Waals surface area contributed by atoms with Crippen molar-refractivity contribution < 1.29 is 23.1 Å². The van der Waals surface area contributed by atoms with E-state index in [2.05, 4.69) is 10.2 Å². The fraction of sp³-hybridized carbons (Fsp3) is 0.474. The molecule has 1 aliphatic heterocycles. The molecule has 152 valence electrons. The molecule has 3 rings (SSSR count). The second-order valence-electron chi connectivity index (χ2n) is 7.22. The lowest BCUT2D eigenvalue weighted by atomic mass is 9.82. The average molecular weight is 407 g/mol. The molecule has 0 saturated carbocycles. The van der Waals surface area contributed by atoms with Crippen LogP contribution in [0, 0.1) is 11.8 Å². The number of carboxylic acids is 1. The summed E-state index contributed by atoms with van der Waals surface area (Å²) in [7, 11) is -1.61. The summed E-state index contributed by atoms with van der Waals surface area (Å²) in [6, 6.07) is 6.02. The van der Waals surface area contributed by atoms with Crippen LogP contribution in [0.3, 0.4) is 0 Å². The van der Waals surface area contributed by atoms with Gasteiger partial charge in [0.15, 0.2) is 0 Å². The van der Waals surface area contributed by atoms with Crippen LogP contribution in [0.25, 0.3) is 0 Å². The number of nitrogens with zero attached hydrogens (tertiary/aromatic N) is 2. The number of hydrogen-bond acceptors (Lipinski definition) is 5. The Morgan fingerprint density at radius 1 is 1.00 bits per heavy atom. The molecule has 2 aliphatic rings. The van der Waals surface area contributed by atoms with Crippen molar-refractivity contribution in [3.8, 4) is 0 Å². The molecule has 8 nitrogen and oxygen atoms in total. The molecule has 0 aromatic heterocycles. The van der Waals surface area contributed by atoms with Gasteiger partial charge in [0.25, 0.3) is 0 Å². The van der Waals surface area contributed by atoms with Gasteiger partial charge in [0.1, 0.15) is 0 Å². The SMILES string of the molecule is CN1CCN(S(=O)(=O)c2ccc(NC(=O)C3CC=CCC3C(=O)O)cc2)CC1. The van der Waals surface area contributed by atoms with Crippen molar-refractivity contribution >= 4 is 27.6 Å². The first-order valence-electron chi connectivity index (χ1n) is 9.26. The monoisotopic (exact) mass is 407 g/mol. The minimum atomic E-state index is -3.56. The largest absolute Gasteiger partial charge is 0.481 e. The summed E-state index contributed by atoms with van der Waals surface area (Å²) in [5.41, 5.74) is 0.445. The first-order chi connectivity index (χ1) is 13.3. The third-order valence-corrected chi connectivity index (χ3v) is 7.22. The Balaban J connectivity index is 1.68. The predicted octanol–water partition coefficient (Wildman–Crippen LogP) is 1.23. The number of sulfonamides is 1. The predicted molar refractivity (Wildman–Crippen MR) is 104 cm³/mol. The second-order valence-corrected chi connectivity index (χ2v) is 9.15. The Morgan fingerprint density at radius 2 is 1.57 bits per heavy atom. The number of likely N-dealkylation sites (N-methyl/N-ethyl adjacent to an activating group) is 1. The number of carboxylic acid groups (broad SMARTS) is 1. The van der Waals surface area contributed by atoms with Gasteiger partial charge in [0.05, 0.1) is 16.7 Å². The zero-order chi connectivity index (χ0) is 20.3. The van der Waals surface area contributed by atoms with Crippen molar-refractivity contribution in [2.75, 3.05) is 38.5 Å². The number of hydrogen-bond donors (Lipinski definition) is 2. The third kappa shape index (κ3) is 4.43. The standard InChI is InChI=1S/C19H25N3O5S/c1-21-10-12-22(13-11-21)28(26,27)15-8-6-14(7-9-15)20-18(23)16-4-2-3-5-17(16)19(24)25/h2-3,6-9,16-17H,4-5,10-13H2,1H3,(H,20,23)(H,24,25). The van der Waals surface area contributed by atoms with Gasteiger partial charge in [0.2, 0.25) is 15.9 Å². The van der Waals surface area contributed by atoms with Crippen molar-refractivity contribution in [3.63, 3.8) is 0 Å². The highest BCUT2D eigenvalue weighted by Crippen LogP contribution is 2.27. The number of amides is 1. The Kier molecular flexibility index (Phi) is 6.17. The van der Waals surface area contributed by atoms with E-state index in [1.54, 1.807) is 6.08 Å². The van der Waals surface area contributed by atoms with Gasteiger partial charge in [-0.25, -0.2) is 8.42 Å². The summed E-state index contributed by atoms with van der Waals surface area (Å²) in [6.07, 6.45) is 4.30. The maximum Gasteiger partial charge on any atom is 0.307 e. The molecule has 0 radical (unpaired) electrons. The molecule has 0 spiro atoms. The highest BCUT2D eigenvalue weighted by atomic mass is 32.2. The second kappa shape index (κ2) is 8.42. The number of nitrogens with one attached hydrogen (secondary N) is 1. The number of aliphatic carboxylic acids is 1. The van der Waals surface area contributed by atoms with E-state index in [4.69, 9.17) is 0 Å². The van der Waals surface area contributed by atoms with E-state index < -0.39 is 27.8 Å². The molecular weight excluding hydrogens is 382 g/mol. The molecule has 2 atom stereocenters. The normalized spacial score (nSPS) is 24.0. The zero-order valence-corrected chi connectivity index (χ0v) is 16.6. The van der Waals surface area contributed by atoms with Crippen LogP contribution < -0.4 is 5.32 Å². The third-order valence-electron chi connectivity index (χ3n) is 5.31. The molecular formula is C19H25N3O5S. The van der Waals surface area contributed by atoms with E-state index in [9.17, 15) is 23.1 Å². The molecule has 1 saturated heterocycles. The van der Waals surface area contributed by atoms with E-state index in [1.165, 1.54) is 28.6 Å². The number of rotatable bonds is 5. The van der Waals surface area contributed by atoms with Gasteiger partial charge in [-0.1, -0.05) is 12.2 Å². The van der Waals surface area contributed by atoms with Crippen LogP contribution in [-0.2, 0) is 19.6 Å². The number of carbonyl (C=O) groups excluding carboxylic acids is 1. The lowest BCUT2D eigenvalue weighted by Gasteiger charge is -2.31. The van der Waals surface area contributed by atoms with Gasteiger partial charge in [-0.05, 0) is 44.2 Å². The number of piperazine rings is 1. The van der Waals surface area contributed by atoms with Crippen LogP contribution >= 0.6 is 0 Å². The van der Waals surface area contributed by atoms with Crippen molar-refractivity contribution in [2.24, 2.45) is 11.8 Å². The Labute approximate surface area is 164 Å². The van der Waals surface area contributed by atoms with Crippen molar-refractivity contribution in [1.29, 1.82) is 0 Å². The molecule has 1 aromatic carbocycles. The highest BCUT2D eigenvalue weighted by Gasteiger charge is 2.34. The molecule has 9 heteroatoms. The number of anilines is 1.